The Morgan fingerprint density at radius 3 is 3.00 bits per heavy atom. The van der Waals surface area contributed by atoms with Crippen molar-refractivity contribution in [2.45, 2.75) is 19.9 Å². The Balaban J connectivity index is 1.84. The molecule has 1 atom stereocenters. The predicted molar refractivity (Wildman–Crippen MR) is 74.4 cm³/mol. The third-order valence-electron chi connectivity index (χ3n) is 3.30. The van der Waals surface area contributed by atoms with Crippen LogP contribution in [0.1, 0.15) is 34.7 Å². The Hall–Kier alpha value is -2.63. The van der Waals surface area contributed by atoms with E-state index in [0.29, 0.717) is 5.69 Å². The number of carbonyl (C=O) groups excluding carboxylic acids is 1. The molecule has 0 aliphatic carbocycles. The summed E-state index contributed by atoms with van der Waals surface area (Å²) in [6.07, 6.45) is 5.21. The molecule has 6 nitrogen and oxygen atoms in total. The average molecular weight is 269 g/mol. The Labute approximate surface area is 115 Å². The largest absolute Gasteiger partial charge is 0.344 e. The van der Waals surface area contributed by atoms with Crippen LogP contribution in [0.25, 0.3) is 5.65 Å². The van der Waals surface area contributed by atoms with Crippen LogP contribution in [-0.2, 0) is 0 Å². The molecule has 6 heteroatoms. The van der Waals surface area contributed by atoms with Gasteiger partial charge in [-0.05, 0) is 26.0 Å². The summed E-state index contributed by atoms with van der Waals surface area (Å²) in [6, 6.07) is 5.66. The third-order valence-corrected chi connectivity index (χ3v) is 3.30. The molecule has 0 aliphatic heterocycles. The number of hydrogen-bond donors (Lipinski definition) is 2. The van der Waals surface area contributed by atoms with E-state index >= 15 is 0 Å². The van der Waals surface area contributed by atoms with Crippen LogP contribution in [0.15, 0.2) is 36.8 Å². The van der Waals surface area contributed by atoms with Gasteiger partial charge in [0.05, 0.1) is 12.2 Å². The van der Waals surface area contributed by atoms with Gasteiger partial charge in [0.1, 0.15) is 11.3 Å². The first kappa shape index (κ1) is 12.4. The quantitative estimate of drug-likeness (QED) is 0.762. The van der Waals surface area contributed by atoms with E-state index in [4.69, 9.17) is 0 Å². The fourth-order valence-electron chi connectivity index (χ4n) is 2.11. The molecule has 0 radical (unpaired) electrons. The number of aromatic amines is 1. The number of amides is 1. The summed E-state index contributed by atoms with van der Waals surface area (Å²) >= 11 is 0. The fourth-order valence-corrected chi connectivity index (χ4v) is 2.11. The van der Waals surface area contributed by atoms with Crippen molar-refractivity contribution in [3.05, 3.63) is 53.7 Å². The van der Waals surface area contributed by atoms with Crippen molar-refractivity contribution in [1.29, 1.82) is 0 Å². The van der Waals surface area contributed by atoms with Gasteiger partial charge in [-0.15, -0.1) is 0 Å². The maximum absolute atomic E-state index is 12.2. The molecule has 3 rings (SSSR count). The van der Waals surface area contributed by atoms with Crippen LogP contribution < -0.4 is 5.32 Å². The highest BCUT2D eigenvalue weighted by Gasteiger charge is 2.15. The molecular formula is C14H15N5O. The topological polar surface area (TPSA) is 75.1 Å². The number of carbonyl (C=O) groups is 1. The highest BCUT2D eigenvalue weighted by atomic mass is 16.2. The van der Waals surface area contributed by atoms with Gasteiger partial charge in [0.2, 0.25) is 0 Å². The molecule has 3 aromatic heterocycles. The SMILES string of the molecule is Cc1cccc2nc(C(=O)NC(C)c3cn[nH]c3)cn12. The van der Waals surface area contributed by atoms with E-state index in [1.807, 2.05) is 36.4 Å². The van der Waals surface area contributed by atoms with Crippen LogP contribution in [0.5, 0.6) is 0 Å². The summed E-state index contributed by atoms with van der Waals surface area (Å²) in [5, 5.41) is 9.51. The molecule has 102 valence electrons. The highest BCUT2D eigenvalue weighted by molar-refractivity contribution is 5.93. The second-order valence-corrected chi connectivity index (χ2v) is 4.75. The molecule has 0 aromatic carbocycles. The van der Waals surface area contributed by atoms with E-state index in [1.165, 1.54) is 0 Å². The van der Waals surface area contributed by atoms with Gasteiger partial charge in [-0.1, -0.05) is 6.07 Å². The Kier molecular flexibility index (Phi) is 2.98. The summed E-state index contributed by atoms with van der Waals surface area (Å²) in [5.41, 5.74) is 3.15. The first-order valence-electron chi connectivity index (χ1n) is 6.39. The van der Waals surface area contributed by atoms with Gasteiger partial charge in [-0.3, -0.25) is 9.89 Å². The van der Waals surface area contributed by atoms with Gasteiger partial charge in [-0.2, -0.15) is 5.10 Å². The van der Waals surface area contributed by atoms with Crippen LogP contribution in [-0.4, -0.2) is 25.5 Å². The lowest BCUT2D eigenvalue weighted by Crippen LogP contribution is -2.26. The van der Waals surface area contributed by atoms with Gasteiger partial charge in [0.15, 0.2) is 0 Å². The molecule has 1 amide bonds. The number of H-pyrrole nitrogens is 1. The standard InChI is InChI=1S/C14H15N5O/c1-9-4-3-5-13-18-12(8-19(9)13)14(20)17-10(2)11-6-15-16-7-11/h3-8,10H,1-2H3,(H,15,16)(H,17,20). The van der Waals surface area contributed by atoms with E-state index in [-0.39, 0.29) is 11.9 Å². The molecule has 0 fully saturated rings. The van der Waals surface area contributed by atoms with E-state index in [2.05, 4.69) is 20.5 Å². The third kappa shape index (κ3) is 2.16. The zero-order valence-corrected chi connectivity index (χ0v) is 11.3. The summed E-state index contributed by atoms with van der Waals surface area (Å²) < 4.78 is 1.90. The molecule has 3 aromatic rings. The number of nitrogens with zero attached hydrogens (tertiary/aromatic N) is 3. The average Bonchev–Trinajstić information content (AvgIpc) is 3.08. The van der Waals surface area contributed by atoms with Crippen LogP contribution in [0.2, 0.25) is 0 Å². The number of aromatic nitrogens is 4. The Bertz CT molecular complexity index is 744. The molecule has 0 bridgehead atoms. The predicted octanol–water partition coefficient (Wildman–Crippen LogP) is 1.86. The number of pyridine rings is 1. The minimum absolute atomic E-state index is 0.118. The second kappa shape index (κ2) is 4.80. The number of aryl methyl sites for hydroxylation is 1. The Morgan fingerprint density at radius 2 is 2.30 bits per heavy atom. The van der Waals surface area contributed by atoms with Crippen LogP contribution >= 0.6 is 0 Å². The molecule has 0 saturated carbocycles. The summed E-state index contributed by atoms with van der Waals surface area (Å²) in [4.78, 5) is 16.5. The van der Waals surface area contributed by atoms with E-state index in [9.17, 15) is 4.79 Å². The van der Waals surface area contributed by atoms with Crippen molar-refractivity contribution >= 4 is 11.6 Å². The van der Waals surface area contributed by atoms with Crippen LogP contribution in [0, 0.1) is 6.92 Å². The first-order chi connectivity index (χ1) is 9.65. The lowest BCUT2D eigenvalue weighted by Gasteiger charge is -2.10. The van der Waals surface area contributed by atoms with Crippen molar-refractivity contribution in [1.82, 2.24) is 24.9 Å². The van der Waals surface area contributed by atoms with Gasteiger partial charge < -0.3 is 9.72 Å². The van der Waals surface area contributed by atoms with Crippen molar-refractivity contribution in [2.75, 3.05) is 0 Å². The lowest BCUT2D eigenvalue weighted by atomic mass is 10.2. The maximum atomic E-state index is 12.2. The van der Waals surface area contributed by atoms with E-state index in [1.54, 1.807) is 18.6 Å². The van der Waals surface area contributed by atoms with Gasteiger partial charge in [0, 0.05) is 23.7 Å². The molecule has 0 aliphatic rings. The summed E-state index contributed by atoms with van der Waals surface area (Å²) in [7, 11) is 0. The smallest absolute Gasteiger partial charge is 0.271 e. The van der Waals surface area contributed by atoms with Crippen molar-refractivity contribution < 1.29 is 4.79 Å². The molecule has 2 N–H and O–H groups in total. The number of imidazole rings is 1. The van der Waals surface area contributed by atoms with Gasteiger partial charge >= 0.3 is 0 Å². The van der Waals surface area contributed by atoms with Gasteiger partial charge in [0.25, 0.3) is 5.91 Å². The van der Waals surface area contributed by atoms with Crippen molar-refractivity contribution in [2.24, 2.45) is 0 Å². The monoisotopic (exact) mass is 269 g/mol. The molecular weight excluding hydrogens is 254 g/mol. The number of nitrogens with one attached hydrogen (secondary N) is 2. The minimum Gasteiger partial charge on any atom is -0.344 e. The van der Waals surface area contributed by atoms with E-state index in [0.717, 1.165) is 16.9 Å². The first-order valence-corrected chi connectivity index (χ1v) is 6.39. The van der Waals surface area contributed by atoms with Crippen LogP contribution in [0.4, 0.5) is 0 Å². The molecule has 20 heavy (non-hydrogen) atoms. The number of rotatable bonds is 3. The zero-order valence-electron chi connectivity index (χ0n) is 11.3. The lowest BCUT2D eigenvalue weighted by molar-refractivity contribution is 0.0935. The zero-order chi connectivity index (χ0) is 14.1. The summed E-state index contributed by atoms with van der Waals surface area (Å²) in [5.74, 6) is -0.193. The van der Waals surface area contributed by atoms with Crippen molar-refractivity contribution in [3.63, 3.8) is 0 Å². The molecule has 3 heterocycles. The minimum atomic E-state index is -0.193. The Morgan fingerprint density at radius 1 is 1.45 bits per heavy atom. The highest BCUT2D eigenvalue weighted by Crippen LogP contribution is 2.12. The normalized spacial score (nSPS) is 12.5. The van der Waals surface area contributed by atoms with Crippen molar-refractivity contribution in [3.8, 4) is 0 Å². The number of fused-ring (bicyclic) bond motifs is 1. The molecule has 1 unspecified atom stereocenters. The molecule has 0 saturated heterocycles. The van der Waals surface area contributed by atoms with Gasteiger partial charge in [-0.25, -0.2) is 4.98 Å². The number of hydrogen-bond acceptors (Lipinski definition) is 3. The fraction of sp³-hybridized carbons (Fsp3) is 0.214. The van der Waals surface area contributed by atoms with E-state index < -0.39 is 0 Å². The maximum Gasteiger partial charge on any atom is 0.271 e. The molecule has 0 spiro atoms. The second-order valence-electron chi connectivity index (χ2n) is 4.75. The van der Waals surface area contributed by atoms with Crippen LogP contribution in [0.3, 0.4) is 0 Å². The summed E-state index contributed by atoms with van der Waals surface area (Å²) in [6.45, 7) is 3.88.